The fourth-order valence-corrected chi connectivity index (χ4v) is 2.18. The summed E-state index contributed by atoms with van der Waals surface area (Å²) in [6.07, 6.45) is -4.41. The molecule has 0 spiro atoms. The van der Waals surface area contributed by atoms with E-state index in [0.29, 0.717) is 0 Å². The predicted molar refractivity (Wildman–Crippen MR) is 72.7 cm³/mol. The van der Waals surface area contributed by atoms with Crippen molar-refractivity contribution in [3.05, 3.63) is 28.8 Å². The number of nitrogens with zero attached hydrogens (tertiary/aromatic N) is 1. The van der Waals surface area contributed by atoms with Crippen LogP contribution in [0.2, 0.25) is 5.02 Å². The molecule has 0 aliphatic carbocycles. The number of rotatable bonds is 5. The second-order valence-corrected chi connectivity index (χ2v) is 4.61. The lowest BCUT2D eigenvalue weighted by Crippen LogP contribution is -2.37. The third kappa shape index (κ3) is 4.52. The summed E-state index contributed by atoms with van der Waals surface area (Å²) in [7, 11) is 0. The van der Waals surface area contributed by atoms with Crippen LogP contribution in [0.1, 0.15) is 5.56 Å². The smallest absolute Gasteiger partial charge is 0.395 e. The highest BCUT2D eigenvalue weighted by molar-refractivity contribution is 7.80. The van der Waals surface area contributed by atoms with Crippen LogP contribution in [0.3, 0.4) is 0 Å². The van der Waals surface area contributed by atoms with Crippen molar-refractivity contribution in [3.8, 4) is 0 Å². The normalized spacial score (nSPS) is 11.4. The van der Waals surface area contributed by atoms with Gasteiger partial charge in [0.1, 0.15) is 11.5 Å². The van der Waals surface area contributed by atoms with Gasteiger partial charge >= 0.3 is 6.18 Å². The quantitative estimate of drug-likeness (QED) is 0.819. The highest BCUT2D eigenvalue weighted by Crippen LogP contribution is 2.29. The van der Waals surface area contributed by atoms with Crippen LogP contribution < -0.4 is 10.6 Å². The van der Waals surface area contributed by atoms with Gasteiger partial charge in [-0.05, 0) is 12.1 Å². The molecule has 0 saturated carbocycles. The molecule has 0 heterocycles. The molecule has 0 unspecified atom stereocenters. The van der Waals surface area contributed by atoms with Gasteiger partial charge in [-0.3, -0.25) is 0 Å². The number of benzene rings is 1. The summed E-state index contributed by atoms with van der Waals surface area (Å²) in [5.41, 5.74) is 5.83. The molecule has 8 heteroatoms. The fraction of sp³-hybridized carbons (Fsp3) is 0.364. The van der Waals surface area contributed by atoms with Gasteiger partial charge in [0.2, 0.25) is 0 Å². The van der Waals surface area contributed by atoms with E-state index in [-0.39, 0.29) is 27.8 Å². The molecule has 1 rings (SSSR count). The molecule has 106 valence electrons. The highest BCUT2D eigenvalue weighted by Gasteiger charge is 2.32. The Bertz CT molecular complexity index is 468. The molecule has 1 aromatic carbocycles. The van der Waals surface area contributed by atoms with Crippen LogP contribution in [-0.2, 0) is 0 Å². The lowest BCUT2D eigenvalue weighted by atomic mass is 10.1. The zero-order chi connectivity index (χ0) is 14.6. The van der Waals surface area contributed by atoms with Gasteiger partial charge in [-0.25, -0.2) is 0 Å². The van der Waals surface area contributed by atoms with Gasteiger partial charge in [0, 0.05) is 12.2 Å². The number of anilines is 1. The Hall–Kier alpha value is -1.05. The highest BCUT2D eigenvalue weighted by atomic mass is 35.5. The molecule has 0 amide bonds. The van der Waals surface area contributed by atoms with E-state index in [1.807, 2.05) is 0 Å². The third-order valence-electron chi connectivity index (χ3n) is 2.32. The average molecular weight is 313 g/mol. The summed E-state index contributed by atoms with van der Waals surface area (Å²) in [5, 5.41) is 9.06. The van der Waals surface area contributed by atoms with Crippen molar-refractivity contribution in [1.29, 1.82) is 0 Å². The Morgan fingerprint density at radius 3 is 2.53 bits per heavy atom. The van der Waals surface area contributed by atoms with Crippen LogP contribution in [0.4, 0.5) is 18.9 Å². The van der Waals surface area contributed by atoms with Crippen LogP contribution in [0.5, 0.6) is 0 Å². The molecule has 19 heavy (non-hydrogen) atoms. The summed E-state index contributed by atoms with van der Waals surface area (Å²) in [4.78, 5) is 0.853. The van der Waals surface area contributed by atoms with Crippen LogP contribution in [0.25, 0.3) is 0 Å². The number of aliphatic hydroxyl groups is 1. The summed E-state index contributed by atoms with van der Waals surface area (Å²) >= 11 is 10.7. The largest absolute Gasteiger partial charge is 0.405 e. The SMILES string of the molecule is NC(=S)c1c(Cl)cccc1N(CCO)CC(F)(F)F. The van der Waals surface area contributed by atoms with Crippen LogP contribution >= 0.6 is 23.8 Å². The van der Waals surface area contributed by atoms with E-state index >= 15 is 0 Å². The first kappa shape index (κ1) is 16.0. The van der Waals surface area contributed by atoms with E-state index in [1.165, 1.54) is 18.2 Å². The van der Waals surface area contributed by atoms with Crippen molar-refractivity contribution >= 4 is 34.5 Å². The molecule has 3 N–H and O–H groups in total. The fourth-order valence-electron chi connectivity index (χ4n) is 1.64. The van der Waals surface area contributed by atoms with Gasteiger partial charge in [0.05, 0.1) is 17.2 Å². The van der Waals surface area contributed by atoms with Crippen molar-refractivity contribution in [3.63, 3.8) is 0 Å². The minimum Gasteiger partial charge on any atom is -0.395 e. The Kier molecular flexibility index (Phi) is 5.39. The zero-order valence-electron chi connectivity index (χ0n) is 9.75. The second kappa shape index (κ2) is 6.40. The van der Waals surface area contributed by atoms with Crippen molar-refractivity contribution in [1.82, 2.24) is 0 Å². The monoisotopic (exact) mass is 312 g/mol. The van der Waals surface area contributed by atoms with Gasteiger partial charge in [-0.15, -0.1) is 0 Å². The number of alkyl halides is 3. The Balaban J connectivity index is 3.22. The summed E-state index contributed by atoms with van der Waals surface area (Å²) in [6.45, 7) is -1.85. The predicted octanol–water partition coefficient (Wildman–Crippen LogP) is 2.34. The van der Waals surface area contributed by atoms with Crippen LogP contribution in [-0.4, -0.2) is 36.0 Å². The van der Waals surface area contributed by atoms with Gasteiger partial charge < -0.3 is 15.7 Å². The third-order valence-corrected chi connectivity index (χ3v) is 2.84. The van der Waals surface area contributed by atoms with E-state index in [1.54, 1.807) is 0 Å². The van der Waals surface area contributed by atoms with Crippen molar-refractivity contribution < 1.29 is 18.3 Å². The molecule has 3 nitrogen and oxygen atoms in total. The molecular formula is C11H12ClF3N2OS. The van der Waals surface area contributed by atoms with Gasteiger partial charge in [0.15, 0.2) is 0 Å². The molecule has 0 aliphatic rings. The van der Waals surface area contributed by atoms with Crippen molar-refractivity contribution in [2.24, 2.45) is 5.73 Å². The maximum atomic E-state index is 12.5. The number of hydrogen-bond donors (Lipinski definition) is 2. The van der Waals surface area contributed by atoms with Gasteiger partial charge in [-0.1, -0.05) is 29.9 Å². The first-order chi connectivity index (χ1) is 8.76. The molecule has 0 aromatic heterocycles. The zero-order valence-corrected chi connectivity index (χ0v) is 11.3. The molecule has 0 bridgehead atoms. The second-order valence-electron chi connectivity index (χ2n) is 3.76. The van der Waals surface area contributed by atoms with Gasteiger partial charge in [0.25, 0.3) is 0 Å². The standard InChI is InChI=1S/C11H12ClF3N2OS/c12-7-2-1-3-8(9(7)10(16)19)17(4-5-18)6-11(13,14)15/h1-3,18H,4-6H2,(H2,16,19). The number of hydrogen-bond acceptors (Lipinski definition) is 3. The first-order valence-electron chi connectivity index (χ1n) is 5.27. The minimum atomic E-state index is -4.41. The van der Waals surface area contributed by atoms with Crippen molar-refractivity contribution in [2.45, 2.75) is 6.18 Å². The number of thiocarbonyl (C=S) groups is 1. The molecule has 0 aliphatic heterocycles. The molecule has 0 radical (unpaired) electrons. The van der Waals surface area contributed by atoms with Crippen molar-refractivity contribution in [2.75, 3.05) is 24.6 Å². The number of aliphatic hydroxyl groups excluding tert-OH is 1. The van der Waals surface area contributed by atoms with E-state index < -0.39 is 19.3 Å². The van der Waals surface area contributed by atoms with Crippen LogP contribution in [0.15, 0.2) is 18.2 Å². The van der Waals surface area contributed by atoms with E-state index in [4.69, 9.17) is 34.7 Å². The van der Waals surface area contributed by atoms with Crippen LogP contribution in [0, 0.1) is 0 Å². The summed E-state index contributed by atoms with van der Waals surface area (Å²) in [5.74, 6) is 0. The topological polar surface area (TPSA) is 49.5 Å². The Morgan fingerprint density at radius 2 is 2.05 bits per heavy atom. The lowest BCUT2D eigenvalue weighted by Gasteiger charge is -2.27. The Morgan fingerprint density at radius 1 is 1.42 bits per heavy atom. The van der Waals surface area contributed by atoms with E-state index in [0.717, 1.165) is 4.90 Å². The Labute approximate surface area is 118 Å². The average Bonchev–Trinajstić information content (AvgIpc) is 2.25. The number of nitrogens with two attached hydrogens (primary N) is 1. The van der Waals surface area contributed by atoms with E-state index in [2.05, 4.69) is 0 Å². The molecule has 0 fully saturated rings. The number of halogens is 4. The molecule has 0 atom stereocenters. The summed E-state index contributed by atoms with van der Waals surface area (Å²) in [6, 6.07) is 4.42. The first-order valence-corrected chi connectivity index (χ1v) is 6.05. The molecule has 0 saturated heterocycles. The van der Waals surface area contributed by atoms with Gasteiger partial charge in [-0.2, -0.15) is 13.2 Å². The maximum absolute atomic E-state index is 12.5. The van der Waals surface area contributed by atoms with E-state index in [9.17, 15) is 13.2 Å². The summed E-state index contributed by atoms with van der Waals surface area (Å²) < 4.78 is 37.6. The maximum Gasteiger partial charge on any atom is 0.405 e. The minimum absolute atomic E-state index is 0.0919. The molecule has 1 aromatic rings. The molecular weight excluding hydrogens is 301 g/mol. The lowest BCUT2D eigenvalue weighted by molar-refractivity contribution is -0.119.